The summed E-state index contributed by atoms with van der Waals surface area (Å²) in [6.45, 7) is 2.79. The Morgan fingerprint density at radius 1 is 1.22 bits per heavy atom. The van der Waals surface area contributed by atoms with E-state index in [4.69, 9.17) is 0 Å². The smallest absolute Gasteiger partial charge is 0.247 e. The molecule has 0 spiro atoms. The minimum atomic E-state index is -0.361. The summed E-state index contributed by atoms with van der Waals surface area (Å²) in [7, 11) is 1.94. The molecule has 0 fully saturated rings. The number of hydrogen-bond acceptors (Lipinski definition) is 4. The predicted octanol–water partition coefficient (Wildman–Crippen LogP) is 2.36. The molecule has 0 aliphatic heterocycles. The highest BCUT2D eigenvalue weighted by molar-refractivity contribution is 5.95. The van der Waals surface area contributed by atoms with Crippen molar-refractivity contribution in [1.29, 1.82) is 0 Å². The van der Waals surface area contributed by atoms with E-state index in [0.29, 0.717) is 11.5 Å². The molecular formula is C17H19N5O. The molecule has 6 heteroatoms. The quantitative estimate of drug-likeness (QED) is 0.786. The maximum Gasteiger partial charge on any atom is 0.247 e. The number of likely N-dealkylation sites (N-methyl/N-ethyl adjacent to an activating group) is 1. The Morgan fingerprint density at radius 3 is 2.74 bits per heavy atom. The standard InChI is InChI=1S/C17H19N5O/c1-3-21(2)16(13-7-5-4-6-8-13)17(23)20-15-9-11-18-14-10-12-19-22(14)15/h4-12,16H,3H2,1-2H3,(H,20,23). The lowest BCUT2D eigenvalue weighted by Crippen LogP contribution is -2.35. The van der Waals surface area contributed by atoms with Gasteiger partial charge < -0.3 is 5.32 Å². The molecule has 2 aromatic heterocycles. The van der Waals surface area contributed by atoms with Gasteiger partial charge >= 0.3 is 0 Å². The van der Waals surface area contributed by atoms with Gasteiger partial charge in [-0.25, -0.2) is 4.98 Å². The fourth-order valence-electron chi connectivity index (χ4n) is 2.55. The number of nitrogens with zero attached hydrogens (tertiary/aromatic N) is 4. The zero-order valence-corrected chi connectivity index (χ0v) is 13.2. The molecule has 6 nitrogen and oxygen atoms in total. The second kappa shape index (κ2) is 6.58. The third-order valence-electron chi connectivity index (χ3n) is 3.84. The van der Waals surface area contributed by atoms with E-state index in [9.17, 15) is 4.79 Å². The summed E-state index contributed by atoms with van der Waals surface area (Å²) in [4.78, 5) is 19.1. The SMILES string of the molecule is CCN(C)C(C(=O)Nc1ccnc2ccnn12)c1ccccc1. The highest BCUT2D eigenvalue weighted by Crippen LogP contribution is 2.21. The number of aromatic nitrogens is 3. The highest BCUT2D eigenvalue weighted by Gasteiger charge is 2.24. The molecule has 3 aromatic rings. The van der Waals surface area contributed by atoms with Crippen LogP contribution in [0.5, 0.6) is 0 Å². The van der Waals surface area contributed by atoms with Crippen molar-refractivity contribution in [1.82, 2.24) is 19.5 Å². The zero-order valence-electron chi connectivity index (χ0n) is 13.2. The number of rotatable bonds is 5. The van der Waals surface area contributed by atoms with Crippen molar-refractivity contribution in [3.05, 3.63) is 60.4 Å². The summed E-state index contributed by atoms with van der Waals surface area (Å²) in [6, 6.07) is 12.9. The summed E-state index contributed by atoms with van der Waals surface area (Å²) in [5, 5.41) is 7.16. The van der Waals surface area contributed by atoms with Gasteiger partial charge in [-0.05, 0) is 25.2 Å². The van der Waals surface area contributed by atoms with Gasteiger partial charge in [0.05, 0.1) is 6.20 Å². The van der Waals surface area contributed by atoms with Crippen LogP contribution in [0.2, 0.25) is 0 Å². The Hall–Kier alpha value is -2.73. The number of amides is 1. The van der Waals surface area contributed by atoms with Crippen LogP contribution in [-0.4, -0.2) is 39.0 Å². The Balaban J connectivity index is 1.91. The molecule has 118 valence electrons. The first-order chi connectivity index (χ1) is 11.2. The van der Waals surface area contributed by atoms with Crippen molar-refractivity contribution in [2.75, 3.05) is 18.9 Å². The summed E-state index contributed by atoms with van der Waals surface area (Å²) in [5.41, 5.74) is 1.66. The van der Waals surface area contributed by atoms with Crippen molar-refractivity contribution >= 4 is 17.4 Å². The van der Waals surface area contributed by atoms with Crippen molar-refractivity contribution in [3.63, 3.8) is 0 Å². The van der Waals surface area contributed by atoms with Gasteiger partial charge in [-0.2, -0.15) is 9.61 Å². The maximum atomic E-state index is 12.9. The van der Waals surface area contributed by atoms with Crippen LogP contribution in [0.4, 0.5) is 5.82 Å². The van der Waals surface area contributed by atoms with E-state index in [0.717, 1.165) is 12.1 Å². The van der Waals surface area contributed by atoms with E-state index in [1.54, 1.807) is 29.0 Å². The molecule has 1 N–H and O–H groups in total. The van der Waals surface area contributed by atoms with Crippen LogP contribution in [0.25, 0.3) is 5.65 Å². The fourth-order valence-corrected chi connectivity index (χ4v) is 2.55. The highest BCUT2D eigenvalue weighted by atomic mass is 16.2. The van der Waals surface area contributed by atoms with Crippen LogP contribution in [-0.2, 0) is 4.79 Å². The van der Waals surface area contributed by atoms with E-state index >= 15 is 0 Å². The first-order valence-electron chi connectivity index (χ1n) is 7.55. The normalized spacial score (nSPS) is 12.5. The minimum Gasteiger partial charge on any atom is -0.309 e. The molecule has 0 saturated heterocycles. The number of benzene rings is 1. The number of fused-ring (bicyclic) bond motifs is 1. The zero-order chi connectivity index (χ0) is 16.2. The van der Waals surface area contributed by atoms with Crippen LogP contribution < -0.4 is 5.32 Å². The molecule has 1 unspecified atom stereocenters. The second-order valence-corrected chi connectivity index (χ2v) is 5.31. The molecular weight excluding hydrogens is 290 g/mol. The molecule has 0 bridgehead atoms. The number of carbonyl (C=O) groups excluding carboxylic acids is 1. The third kappa shape index (κ3) is 3.07. The lowest BCUT2D eigenvalue weighted by molar-refractivity contribution is -0.121. The number of hydrogen-bond donors (Lipinski definition) is 1. The lowest BCUT2D eigenvalue weighted by atomic mass is 10.0. The summed E-state index contributed by atoms with van der Waals surface area (Å²) in [5.74, 6) is 0.513. The van der Waals surface area contributed by atoms with E-state index in [-0.39, 0.29) is 11.9 Å². The maximum absolute atomic E-state index is 12.9. The van der Waals surface area contributed by atoms with E-state index in [1.807, 2.05) is 49.2 Å². The molecule has 1 aromatic carbocycles. The minimum absolute atomic E-state index is 0.0939. The molecule has 1 amide bonds. The van der Waals surface area contributed by atoms with E-state index < -0.39 is 0 Å². The summed E-state index contributed by atoms with van der Waals surface area (Å²) in [6.07, 6.45) is 3.32. The number of carbonyl (C=O) groups is 1. The van der Waals surface area contributed by atoms with Crippen LogP contribution >= 0.6 is 0 Å². The van der Waals surface area contributed by atoms with Gasteiger partial charge in [0.2, 0.25) is 5.91 Å². The average Bonchev–Trinajstić information content (AvgIpc) is 3.05. The Morgan fingerprint density at radius 2 is 2.00 bits per heavy atom. The van der Waals surface area contributed by atoms with Gasteiger partial charge in [-0.15, -0.1) is 0 Å². The first kappa shape index (κ1) is 15.2. The predicted molar refractivity (Wildman–Crippen MR) is 89.1 cm³/mol. The lowest BCUT2D eigenvalue weighted by Gasteiger charge is -2.26. The molecule has 0 aliphatic carbocycles. The molecule has 0 aliphatic rings. The van der Waals surface area contributed by atoms with Crippen LogP contribution in [0.1, 0.15) is 18.5 Å². The van der Waals surface area contributed by atoms with Gasteiger partial charge in [0.25, 0.3) is 0 Å². The van der Waals surface area contributed by atoms with E-state index in [2.05, 4.69) is 15.4 Å². The molecule has 3 rings (SSSR count). The first-order valence-corrected chi connectivity index (χ1v) is 7.55. The Labute approximate surface area is 134 Å². The van der Waals surface area contributed by atoms with Gasteiger partial charge in [-0.1, -0.05) is 37.3 Å². The van der Waals surface area contributed by atoms with Crippen LogP contribution in [0.3, 0.4) is 0 Å². The topological polar surface area (TPSA) is 62.5 Å². The average molecular weight is 309 g/mol. The molecule has 0 radical (unpaired) electrons. The summed E-state index contributed by atoms with van der Waals surface area (Å²) >= 11 is 0. The Bertz CT molecular complexity index is 799. The third-order valence-corrected chi connectivity index (χ3v) is 3.84. The van der Waals surface area contributed by atoms with Crippen LogP contribution in [0, 0.1) is 0 Å². The molecule has 2 heterocycles. The largest absolute Gasteiger partial charge is 0.309 e. The number of anilines is 1. The molecule has 1 atom stereocenters. The van der Waals surface area contributed by atoms with Crippen molar-refractivity contribution in [2.45, 2.75) is 13.0 Å². The fraction of sp³-hybridized carbons (Fsp3) is 0.235. The van der Waals surface area contributed by atoms with Crippen LogP contribution in [0.15, 0.2) is 54.9 Å². The Kier molecular flexibility index (Phi) is 4.34. The monoisotopic (exact) mass is 309 g/mol. The van der Waals surface area contributed by atoms with Gasteiger partial charge in [0.15, 0.2) is 5.65 Å². The van der Waals surface area contributed by atoms with Gasteiger partial charge in [-0.3, -0.25) is 9.69 Å². The number of nitrogens with one attached hydrogen (secondary N) is 1. The van der Waals surface area contributed by atoms with Gasteiger partial charge in [0.1, 0.15) is 11.9 Å². The van der Waals surface area contributed by atoms with Crippen molar-refractivity contribution < 1.29 is 4.79 Å². The molecule has 0 saturated carbocycles. The van der Waals surface area contributed by atoms with E-state index in [1.165, 1.54) is 0 Å². The van der Waals surface area contributed by atoms with Gasteiger partial charge in [0, 0.05) is 12.3 Å². The molecule has 23 heavy (non-hydrogen) atoms. The second-order valence-electron chi connectivity index (χ2n) is 5.31. The van der Waals surface area contributed by atoms with Crippen molar-refractivity contribution in [2.24, 2.45) is 0 Å². The van der Waals surface area contributed by atoms with Crippen molar-refractivity contribution in [3.8, 4) is 0 Å². The summed E-state index contributed by atoms with van der Waals surface area (Å²) < 4.78 is 1.62.